The standard InChI is InChI=1S/C14H19BrN4/c1-14(2,3)12-11(15)13(17)19(18-12)10-7-5-4-6-9(10)8-16/h4-7H,8,16-17H2,1-3H3. The second kappa shape index (κ2) is 4.98. The zero-order chi connectivity index (χ0) is 14.2. The van der Waals surface area contributed by atoms with Gasteiger partial charge in [-0.15, -0.1) is 0 Å². The Labute approximate surface area is 121 Å². The number of nitrogens with two attached hydrogens (primary N) is 2. The van der Waals surface area contributed by atoms with Crippen molar-refractivity contribution < 1.29 is 0 Å². The summed E-state index contributed by atoms with van der Waals surface area (Å²) in [6, 6.07) is 7.89. The van der Waals surface area contributed by atoms with E-state index in [1.807, 2.05) is 24.3 Å². The molecular weight excluding hydrogens is 304 g/mol. The summed E-state index contributed by atoms with van der Waals surface area (Å²) in [6.07, 6.45) is 0. The zero-order valence-corrected chi connectivity index (χ0v) is 13.0. The lowest BCUT2D eigenvalue weighted by atomic mass is 9.92. The molecule has 1 aromatic heterocycles. The van der Waals surface area contributed by atoms with Crippen molar-refractivity contribution in [3.05, 3.63) is 40.0 Å². The summed E-state index contributed by atoms with van der Waals surface area (Å²) in [6.45, 7) is 6.79. The quantitative estimate of drug-likeness (QED) is 0.893. The van der Waals surface area contributed by atoms with Crippen LogP contribution in [0.5, 0.6) is 0 Å². The van der Waals surface area contributed by atoms with E-state index >= 15 is 0 Å². The molecule has 0 spiro atoms. The third-order valence-electron chi connectivity index (χ3n) is 3.01. The van der Waals surface area contributed by atoms with Crippen LogP contribution in [-0.4, -0.2) is 9.78 Å². The first-order valence-corrected chi connectivity index (χ1v) is 6.98. The Hall–Kier alpha value is -1.33. The summed E-state index contributed by atoms with van der Waals surface area (Å²) in [7, 11) is 0. The minimum Gasteiger partial charge on any atom is -0.383 e. The SMILES string of the molecule is CC(C)(C)c1nn(-c2ccccc2CN)c(N)c1Br. The minimum atomic E-state index is -0.0735. The van der Waals surface area contributed by atoms with E-state index in [1.165, 1.54) is 0 Å². The summed E-state index contributed by atoms with van der Waals surface area (Å²) in [5, 5.41) is 4.65. The monoisotopic (exact) mass is 322 g/mol. The molecule has 19 heavy (non-hydrogen) atoms. The van der Waals surface area contributed by atoms with Crippen LogP contribution in [0.3, 0.4) is 0 Å². The van der Waals surface area contributed by atoms with Crippen molar-refractivity contribution in [1.82, 2.24) is 9.78 Å². The fourth-order valence-electron chi connectivity index (χ4n) is 1.96. The maximum absolute atomic E-state index is 6.17. The van der Waals surface area contributed by atoms with Gasteiger partial charge >= 0.3 is 0 Å². The van der Waals surface area contributed by atoms with Gasteiger partial charge in [-0.3, -0.25) is 0 Å². The molecule has 0 saturated carbocycles. The van der Waals surface area contributed by atoms with Crippen LogP contribution >= 0.6 is 15.9 Å². The van der Waals surface area contributed by atoms with Gasteiger partial charge in [0.1, 0.15) is 5.82 Å². The molecule has 1 aromatic carbocycles. The molecule has 0 atom stereocenters. The molecule has 0 saturated heterocycles. The largest absolute Gasteiger partial charge is 0.383 e. The van der Waals surface area contributed by atoms with Gasteiger partial charge < -0.3 is 11.5 Å². The van der Waals surface area contributed by atoms with Crippen LogP contribution in [0.2, 0.25) is 0 Å². The lowest BCUT2D eigenvalue weighted by Crippen LogP contribution is -2.14. The van der Waals surface area contributed by atoms with Crippen molar-refractivity contribution in [1.29, 1.82) is 0 Å². The molecular formula is C14H19BrN4. The predicted octanol–water partition coefficient (Wildman–Crippen LogP) is 2.97. The van der Waals surface area contributed by atoms with Crippen molar-refractivity contribution in [2.45, 2.75) is 32.7 Å². The maximum atomic E-state index is 6.17. The number of anilines is 1. The van der Waals surface area contributed by atoms with Crippen LogP contribution in [-0.2, 0) is 12.0 Å². The van der Waals surface area contributed by atoms with Crippen molar-refractivity contribution in [3.8, 4) is 5.69 Å². The van der Waals surface area contributed by atoms with Crippen LogP contribution in [0.25, 0.3) is 5.69 Å². The number of benzene rings is 1. The Morgan fingerprint density at radius 2 is 1.89 bits per heavy atom. The molecule has 0 fully saturated rings. The van der Waals surface area contributed by atoms with E-state index in [0.29, 0.717) is 12.4 Å². The van der Waals surface area contributed by atoms with Crippen LogP contribution < -0.4 is 11.5 Å². The first-order chi connectivity index (χ1) is 8.86. The highest BCUT2D eigenvalue weighted by Gasteiger charge is 2.25. The van der Waals surface area contributed by atoms with Gasteiger partial charge in [-0.05, 0) is 27.6 Å². The van der Waals surface area contributed by atoms with E-state index in [1.54, 1.807) is 4.68 Å². The Morgan fingerprint density at radius 1 is 1.26 bits per heavy atom. The van der Waals surface area contributed by atoms with Gasteiger partial charge in [0, 0.05) is 12.0 Å². The second-order valence-corrected chi connectivity index (χ2v) is 6.34. The van der Waals surface area contributed by atoms with Crippen LogP contribution in [0, 0.1) is 0 Å². The maximum Gasteiger partial charge on any atom is 0.141 e. The number of halogens is 1. The molecule has 0 aliphatic carbocycles. The van der Waals surface area contributed by atoms with Gasteiger partial charge in [-0.1, -0.05) is 39.0 Å². The lowest BCUT2D eigenvalue weighted by molar-refractivity contribution is 0.557. The Kier molecular flexibility index (Phi) is 3.69. The number of aromatic nitrogens is 2. The molecule has 5 heteroatoms. The highest BCUT2D eigenvalue weighted by Crippen LogP contribution is 2.34. The summed E-state index contributed by atoms with van der Waals surface area (Å²) < 4.78 is 2.61. The molecule has 0 bridgehead atoms. The molecule has 0 radical (unpaired) electrons. The Balaban J connectivity index is 2.64. The van der Waals surface area contributed by atoms with E-state index < -0.39 is 0 Å². The molecule has 1 heterocycles. The van der Waals surface area contributed by atoms with Gasteiger partial charge in [-0.2, -0.15) is 5.10 Å². The molecule has 102 valence electrons. The second-order valence-electron chi connectivity index (χ2n) is 5.54. The fraction of sp³-hybridized carbons (Fsp3) is 0.357. The predicted molar refractivity (Wildman–Crippen MR) is 82.3 cm³/mol. The van der Waals surface area contributed by atoms with Crippen molar-refractivity contribution in [2.24, 2.45) is 5.73 Å². The summed E-state index contributed by atoms with van der Waals surface area (Å²) in [5.74, 6) is 0.603. The molecule has 2 aromatic rings. The molecule has 0 aliphatic rings. The summed E-state index contributed by atoms with van der Waals surface area (Å²) in [5.41, 5.74) is 14.8. The lowest BCUT2D eigenvalue weighted by Gasteiger charge is -2.15. The van der Waals surface area contributed by atoms with Crippen molar-refractivity contribution >= 4 is 21.7 Å². The van der Waals surface area contributed by atoms with E-state index in [9.17, 15) is 0 Å². The molecule has 0 aliphatic heterocycles. The Morgan fingerprint density at radius 3 is 2.42 bits per heavy atom. The summed E-state index contributed by atoms with van der Waals surface area (Å²) in [4.78, 5) is 0. The van der Waals surface area contributed by atoms with Crippen LogP contribution in [0.4, 0.5) is 5.82 Å². The third-order valence-corrected chi connectivity index (χ3v) is 3.79. The third kappa shape index (κ3) is 2.53. The highest BCUT2D eigenvalue weighted by molar-refractivity contribution is 9.10. The highest BCUT2D eigenvalue weighted by atomic mass is 79.9. The number of nitrogen functional groups attached to an aromatic ring is 1. The number of nitrogens with zero attached hydrogens (tertiary/aromatic N) is 2. The van der Waals surface area contributed by atoms with Gasteiger partial charge in [0.05, 0.1) is 15.9 Å². The van der Waals surface area contributed by atoms with Gasteiger partial charge in [0.2, 0.25) is 0 Å². The van der Waals surface area contributed by atoms with Crippen molar-refractivity contribution in [2.75, 3.05) is 5.73 Å². The number of hydrogen-bond donors (Lipinski definition) is 2. The topological polar surface area (TPSA) is 69.9 Å². The van der Waals surface area contributed by atoms with E-state index in [2.05, 4.69) is 41.8 Å². The van der Waals surface area contributed by atoms with Gasteiger partial charge in [0.25, 0.3) is 0 Å². The van der Waals surface area contributed by atoms with Crippen molar-refractivity contribution in [3.63, 3.8) is 0 Å². The summed E-state index contributed by atoms with van der Waals surface area (Å²) >= 11 is 3.54. The average molecular weight is 323 g/mol. The first kappa shape index (κ1) is 14.1. The number of hydrogen-bond acceptors (Lipinski definition) is 3. The van der Waals surface area contributed by atoms with E-state index in [4.69, 9.17) is 11.5 Å². The van der Waals surface area contributed by atoms with Gasteiger partial charge in [-0.25, -0.2) is 4.68 Å². The molecule has 4 nitrogen and oxygen atoms in total. The number of para-hydroxylation sites is 1. The first-order valence-electron chi connectivity index (χ1n) is 6.19. The average Bonchev–Trinajstić information content (AvgIpc) is 2.66. The molecule has 2 rings (SSSR count). The van der Waals surface area contributed by atoms with Crippen LogP contribution in [0.15, 0.2) is 28.7 Å². The fourth-order valence-corrected chi connectivity index (χ4v) is 2.81. The minimum absolute atomic E-state index is 0.0735. The van der Waals surface area contributed by atoms with Crippen LogP contribution in [0.1, 0.15) is 32.0 Å². The zero-order valence-electron chi connectivity index (χ0n) is 11.4. The Bertz CT molecular complexity index is 596. The van der Waals surface area contributed by atoms with E-state index in [0.717, 1.165) is 21.4 Å². The smallest absolute Gasteiger partial charge is 0.141 e. The number of rotatable bonds is 2. The molecule has 0 unspecified atom stereocenters. The van der Waals surface area contributed by atoms with E-state index in [-0.39, 0.29) is 5.41 Å². The molecule has 0 amide bonds. The van der Waals surface area contributed by atoms with Gasteiger partial charge in [0.15, 0.2) is 0 Å². The normalized spacial score (nSPS) is 11.8. The molecule has 4 N–H and O–H groups in total.